The van der Waals surface area contributed by atoms with Crippen LogP contribution in [0.5, 0.6) is 0 Å². The summed E-state index contributed by atoms with van der Waals surface area (Å²) in [6.45, 7) is 1.59. The third-order valence-corrected chi connectivity index (χ3v) is 6.18. The van der Waals surface area contributed by atoms with Crippen LogP contribution in [-0.4, -0.2) is 25.7 Å². The fourth-order valence-electron chi connectivity index (χ4n) is 1.77. The van der Waals surface area contributed by atoms with Gasteiger partial charge in [0.2, 0.25) is 0 Å². The Kier molecular flexibility index (Phi) is 4.60. The Hall–Kier alpha value is -1.51. The first kappa shape index (κ1) is 15.9. The zero-order valence-electron chi connectivity index (χ0n) is 11.3. The van der Waals surface area contributed by atoms with Crippen molar-refractivity contribution >= 4 is 44.8 Å². The van der Waals surface area contributed by atoms with Gasteiger partial charge in [-0.25, -0.2) is 13.2 Å². The van der Waals surface area contributed by atoms with Gasteiger partial charge in [-0.1, -0.05) is 12.1 Å². The molecule has 0 spiro atoms. The van der Waals surface area contributed by atoms with Crippen molar-refractivity contribution in [1.29, 1.82) is 0 Å². The fourth-order valence-corrected chi connectivity index (χ4v) is 4.90. The highest BCUT2D eigenvalue weighted by Gasteiger charge is 2.22. The summed E-state index contributed by atoms with van der Waals surface area (Å²) in [5.74, 6) is -1.13. The van der Waals surface area contributed by atoms with E-state index < -0.39 is 16.0 Å². The lowest BCUT2D eigenvalue weighted by Crippen LogP contribution is -2.13. The van der Waals surface area contributed by atoms with Crippen molar-refractivity contribution in [2.45, 2.75) is 16.7 Å². The molecule has 1 heterocycles. The maximum absolute atomic E-state index is 12.4. The number of rotatable bonds is 5. The molecule has 2 aromatic rings. The number of para-hydroxylation sites is 1. The number of hydrogen-bond donors (Lipinski definition) is 2. The molecule has 0 bridgehead atoms. The van der Waals surface area contributed by atoms with Crippen LogP contribution >= 0.6 is 23.1 Å². The molecule has 0 amide bonds. The number of carbonyl (C=O) groups is 1. The van der Waals surface area contributed by atoms with Crippen molar-refractivity contribution in [3.63, 3.8) is 0 Å². The molecule has 0 fully saturated rings. The smallest absolute Gasteiger partial charge is 0.345 e. The molecule has 21 heavy (non-hydrogen) atoms. The fraction of sp³-hybridized carbons (Fsp3) is 0.154. The minimum absolute atomic E-state index is 0.000746. The lowest BCUT2D eigenvalue weighted by molar-refractivity contribution is 0.0702. The van der Waals surface area contributed by atoms with Gasteiger partial charge in [0.1, 0.15) is 9.77 Å². The van der Waals surface area contributed by atoms with E-state index in [1.54, 1.807) is 19.1 Å². The second-order valence-electron chi connectivity index (χ2n) is 4.14. The van der Waals surface area contributed by atoms with E-state index in [1.165, 1.54) is 17.8 Å². The zero-order valence-corrected chi connectivity index (χ0v) is 13.7. The minimum atomic E-state index is -3.81. The summed E-state index contributed by atoms with van der Waals surface area (Å²) in [4.78, 5) is 12.2. The summed E-state index contributed by atoms with van der Waals surface area (Å²) in [5.41, 5.74) is 0.479. The van der Waals surface area contributed by atoms with Gasteiger partial charge in [0.05, 0.1) is 5.69 Å². The average molecular weight is 343 g/mol. The van der Waals surface area contributed by atoms with Crippen LogP contribution in [-0.2, 0) is 10.0 Å². The molecule has 0 aliphatic heterocycles. The highest BCUT2D eigenvalue weighted by Crippen LogP contribution is 2.30. The van der Waals surface area contributed by atoms with Crippen LogP contribution in [0, 0.1) is 6.92 Å². The van der Waals surface area contributed by atoms with Crippen LogP contribution in [0.2, 0.25) is 0 Å². The molecular formula is C13H13NO4S3. The first-order valence-corrected chi connectivity index (χ1v) is 9.37. The van der Waals surface area contributed by atoms with Crippen LogP contribution in [0.4, 0.5) is 5.69 Å². The molecule has 0 atom stereocenters. The first-order chi connectivity index (χ1) is 9.85. The molecule has 0 saturated carbocycles. The highest BCUT2D eigenvalue weighted by atomic mass is 32.2. The summed E-state index contributed by atoms with van der Waals surface area (Å²) in [7, 11) is -3.81. The molecule has 2 rings (SSSR count). The molecule has 0 saturated heterocycles. The average Bonchev–Trinajstić information content (AvgIpc) is 2.82. The van der Waals surface area contributed by atoms with Crippen molar-refractivity contribution in [1.82, 2.24) is 0 Å². The molecule has 0 unspecified atom stereocenters. The maximum atomic E-state index is 12.4. The standard InChI is InChI=1S/C13H13NO4S3/c1-8-12(7-11(20-8)13(15)16)21(17,18)14-9-5-3-4-6-10(9)19-2/h3-7,14H,1-2H3,(H,15,16). The van der Waals surface area contributed by atoms with Crippen molar-refractivity contribution in [3.8, 4) is 0 Å². The third-order valence-electron chi connectivity index (χ3n) is 2.72. The van der Waals surface area contributed by atoms with E-state index in [2.05, 4.69) is 4.72 Å². The third kappa shape index (κ3) is 3.39. The number of anilines is 1. The molecule has 112 valence electrons. The highest BCUT2D eigenvalue weighted by molar-refractivity contribution is 7.99. The number of thiophene rings is 1. The normalized spacial score (nSPS) is 11.3. The Morgan fingerprint density at radius 1 is 1.33 bits per heavy atom. The van der Waals surface area contributed by atoms with Gasteiger partial charge < -0.3 is 5.11 Å². The van der Waals surface area contributed by atoms with Gasteiger partial charge >= 0.3 is 5.97 Å². The van der Waals surface area contributed by atoms with Gasteiger partial charge in [-0.3, -0.25) is 4.72 Å². The molecule has 5 nitrogen and oxygen atoms in total. The van der Waals surface area contributed by atoms with Crippen LogP contribution in [0.3, 0.4) is 0 Å². The number of aryl methyl sites for hydroxylation is 1. The van der Waals surface area contributed by atoms with E-state index >= 15 is 0 Å². The lowest BCUT2D eigenvalue weighted by Gasteiger charge is -2.10. The van der Waals surface area contributed by atoms with Crippen LogP contribution < -0.4 is 4.72 Å². The number of thioether (sulfide) groups is 1. The van der Waals surface area contributed by atoms with Crippen LogP contribution in [0.25, 0.3) is 0 Å². The topological polar surface area (TPSA) is 83.5 Å². The van der Waals surface area contributed by atoms with E-state index in [0.29, 0.717) is 10.6 Å². The van der Waals surface area contributed by atoms with Gasteiger partial charge in [-0.2, -0.15) is 0 Å². The van der Waals surface area contributed by atoms with Gasteiger partial charge in [-0.15, -0.1) is 23.1 Å². The molecule has 1 aromatic carbocycles. The van der Waals surface area contributed by atoms with Crippen molar-refractivity contribution < 1.29 is 18.3 Å². The Bertz CT molecular complexity index is 780. The van der Waals surface area contributed by atoms with E-state index in [0.717, 1.165) is 16.2 Å². The summed E-state index contributed by atoms with van der Waals surface area (Å²) in [5, 5.41) is 8.95. The van der Waals surface area contributed by atoms with Gasteiger partial charge in [0, 0.05) is 9.77 Å². The molecule has 0 radical (unpaired) electrons. The quantitative estimate of drug-likeness (QED) is 0.814. The van der Waals surface area contributed by atoms with E-state index in [9.17, 15) is 13.2 Å². The molecule has 0 aliphatic rings. The second-order valence-corrected chi connectivity index (χ2v) is 7.90. The number of aromatic carboxylic acids is 1. The van der Waals surface area contributed by atoms with Crippen LogP contribution in [0.15, 0.2) is 40.1 Å². The summed E-state index contributed by atoms with van der Waals surface area (Å²) in [6.07, 6.45) is 1.85. The molecular weight excluding hydrogens is 330 g/mol. The molecule has 2 N–H and O–H groups in total. The number of carboxylic acids is 1. The maximum Gasteiger partial charge on any atom is 0.345 e. The lowest BCUT2D eigenvalue weighted by atomic mass is 10.3. The number of hydrogen-bond acceptors (Lipinski definition) is 5. The van der Waals surface area contributed by atoms with Gasteiger partial charge in [0.25, 0.3) is 10.0 Å². The Labute approximate surface area is 131 Å². The number of carboxylic acid groups (broad SMARTS) is 1. The minimum Gasteiger partial charge on any atom is -0.477 e. The molecule has 8 heteroatoms. The Balaban J connectivity index is 2.41. The van der Waals surface area contributed by atoms with Crippen molar-refractivity contribution in [3.05, 3.63) is 40.1 Å². The predicted octanol–water partition coefficient (Wildman–Crippen LogP) is 3.28. The number of sulfonamides is 1. The summed E-state index contributed by atoms with van der Waals surface area (Å²) in [6, 6.07) is 8.23. The largest absolute Gasteiger partial charge is 0.477 e. The SMILES string of the molecule is CSc1ccccc1NS(=O)(=O)c1cc(C(=O)O)sc1C. The van der Waals surface area contributed by atoms with Gasteiger partial charge in [-0.05, 0) is 31.4 Å². The van der Waals surface area contributed by atoms with Crippen molar-refractivity contribution in [2.75, 3.05) is 11.0 Å². The van der Waals surface area contributed by atoms with E-state index in [-0.39, 0.29) is 9.77 Å². The Morgan fingerprint density at radius 3 is 2.57 bits per heavy atom. The number of nitrogens with one attached hydrogen (secondary N) is 1. The number of benzene rings is 1. The zero-order chi connectivity index (χ0) is 15.6. The summed E-state index contributed by atoms with van der Waals surface area (Å²) < 4.78 is 27.4. The monoisotopic (exact) mass is 343 g/mol. The van der Waals surface area contributed by atoms with E-state index in [1.807, 2.05) is 18.4 Å². The summed E-state index contributed by atoms with van der Waals surface area (Å²) >= 11 is 2.37. The molecule has 0 aliphatic carbocycles. The Morgan fingerprint density at radius 2 is 2.00 bits per heavy atom. The van der Waals surface area contributed by atoms with Crippen LogP contribution in [0.1, 0.15) is 14.5 Å². The first-order valence-electron chi connectivity index (χ1n) is 5.84. The predicted molar refractivity (Wildman–Crippen MR) is 85.0 cm³/mol. The second kappa shape index (κ2) is 6.08. The van der Waals surface area contributed by atoms with Gasteiger partial charge in [0.15, 0.2) is 0 Å². The molecule has 1 aromatic heterocycles. The van der Waals surface area contributed by atoms with E-state index in [4.69, 9.17) is 5.11 Å². The van der Waals surface area contributed by atoms with Crippen molar-refractivity contribution in [2.24, 2.45) is 0 Å².